The van der Waals surface area contributed by atoms with Crippen LogP contribution in [0.5, 0.6) is 0 Å². The maximum atomic E-state index is 13.0. The van der Waals surface area contributed by atoms with Gasteiger partial charge in [-0.05, 0) is 25.7 Å². The zero-order chi connectivity index (χ0) is 18.1. The van der Waals surface area contributed by atoms with Gasteiger partial charge in [-0.2, -0.15) is 5.10 Å². The zero-order valence-corrected chi connectivity index (χ0v) is 15.0. The molecule has 8 nitrogen and oxygen atoms in total. The first-order valence-electron chi connectivity index (χ1n) is 8.74. The van der Waals surface area contributed by atoms with Crippen molar-refractivity contribution < 1.29 is 14.4 Å². The minimum Gasteiger partial charge on any atom is -0.347 e. The van der Waals surface area contributed by atoms with Gasteiger partial charge in [0.05, 0.1) is 6.54 Å². The summed E-state index contributed by atoms with van der Waals surface area (Å²) < 4.78 is 0. The Balaban J connectivity index is 1.81. The van der Waals surface area contributed by atoms with Crippen molar-refractivity contribution in [2.75, 3.05) is 33.7 Å². The lowest BCUT2D eigenvalue weighted by Crippen LogP contribution is -2.61. The Morgan fingerprint density at radius 1 is 1.16 bits per heavy atom. The quantitative estimate of drug-likeness (QED) is 0.819. The van der Waals surface area contributed by atoms with Crippen molar-refractivity contribution in [3.05, 3.63) is 17.0 Å². The lowest BCUT2D eigenvalue weighted by atomic mass is 9.95. The number of carbonyl (C=O) groups excluding carboxylic acids is 3. The fraction of sp³-hybridized carbons (Fsp3) is 0.647. The Hall–Kier alpha value is -2.38. The highest BCUT2D eigenvalue weighted by atomic mass is 16.2. The third kappa shape index (κ3) is 3.25. The molecule has 1 saturated heterocycles. The molecule has 0 unspecified atom stereocenters. The molecule has 2 heterocycles. The summed E-state index contributed by atoms with van der Waals surface area (Å²) in [5.41, 5.74) is 2.54. The second-order valence-electron chi connectivity index (χ2n) is 6.95. The van der Waals surface area contributed by atoms with E-state index in [1.165, 1.54) is 11.8 Å². The Labute approximate surface area is 147 Å². The SMILES string of the molecule is CC(=O)N1CCN(C(=O)c2n[nH]c3c2CCCC3)C[C@H]1C(=O)N(C)C. The molecule has 0 bridgehead atoms. The molecular formula is C17H25N5O3. The van der Waals surface area contributed by atoms with Gasteiger partial charge in [0.1, 0.15) is 6.04 Å². The molecule has 3 amide bonds. The van der Waals surface area contributed by atoms with Crippen molar-refractivity contribution in [3.8, 4) is 0 Å². The molecule has 1 aromatic rings. The summed E-state index contributed by atoms with van der Waals surface area (Å²) in [5.74, 6) is -0.472. The van der Waals surface area contributed by atoms with Crippen LogP contribution in [-0.4, -0.2) is 82.4 Å². The number of nitrogens with zero attached hydrogens (tertiary/aromatic N) is 4. The number of fused-ring (bicyclic) bond motifs is 1. The van der Waals surface area contributed by atoms with Gasteiger partial charge in [0.2, 0.25) is 11.8 Å². The van der Waals surface area contributed by atoms with Gasteiger partial charge in [0, 0.05) is 45.4 Å². The molecule has 2 aliphatic rings. The van der Waals surface area contributed by atoms with E-state index in [2.05, 4.69) is 10.2 Å². The van der Waals surface area contributed by atoms with Crippen LogP contribution in [0.3, 0.4) is 0 Å². The lowest BCUT2D eigenvalue weighted by molar-refractivity contribution is -0.146. The number of rotatable bonds is 2. The first-order chi connectivity index (χ1) is 11.9. The largest absolute Gasteiger partial charge is 0.347 e. The number of carbonyl (C=O) groups is 3. The topological polar surface area (TPSA) is 89.6 Å². The first-order valence-corrected chi connectivity index (χ1v) is 8.74. The molecule has 1 N–H and O–H groups in total. The van der Waals surface area contributed by atoms with E-state index >= 15 is 0 Å². The minimum atomic E-state index is -0.639. The highest BCUT2D eigenvalue weighted by molar-refractivity contribution is 5.95. The number of aryl methyl sites for hydroxylation is 1. The number of amides is 3. The van der Waals surface area contributed by atoms with E-state index in [1.54, 1.807) is 23.9 Å². The molecule has 1 aliphatic carbocycles. The number of likely N-dealkylation sites (N-methyl/N-ethyl adjacent to an activating group) is 1. The number of aromatic amines is 1. The second kappa shape index (κ2) is 6.85. The molecule has 3 rings (SSSR count). The molecular weight excluding hydrogens is 322 g/mol. The van der Waals surface area contributed by atoms with Crippen molar-refractivity contribution in [3.63, 3.8) is 0 Å². The molecule has 8 heteroatoms. The average molecular weight is 347 g/mol. The van der Waals surface area contributed by atoms with Crippen LogP contribution < -0.4 is 0 Å². The zero-order valence-electron chi connectivity index (χ0n) is 15.0. The van der Waals surface area contributed by atoms with E-state index < -0.39 is 6.04 Å². The highest BCUT2D eigenvalue weighted by Crippen LogP contribution is 2.24. The number of H-pyrrole nitrogens is 1. The fourth-order valence-electron chi connectivity index (χ4n) is 3.66. The average Bonchev–Trinajstić information content (AvgIpc) is 3.03. The predicted octanol–water partition coefficient (Wildman–Crippen LogP) is 0.0496. The number of hydrogen-bond acceptors (Lipinski definition) is 4. The van der Waals surface area contributed by atoms with E-state index in [1.807, 2.05) is 0 Å². The van der Waals surface area contributed by atoms with E-state index in [9.17, 15) is 14.4 Å². The number of aromatic nitrogens is 2. The van der Waals surface area contributed by atoms with Gasteiger partial charge in [-0.3, -0.25) is 19.5 Å². The third-order valence-corrected chi connectivity index (χ3v) is 5.06. The van der Waals surface area contributed by atoms with Crippen LogP contribution in [0.2, 0.25) is 0 Å². The van der Waals surface area contributed by atoms with Crippen molar-refractivity contribution in [2.45, 2.75) is 38.6 Å². The van der Waals surface area contributed by atoms with Gasteiger partial charge in [0.15, 0.2) is 5.69 Å². The van der Waals surface area contributed by atoms with Gasteiger partial charge in [-0.1, -0.05) is 0 Å². The molecule has 0 aromatic carbocycles. The molecule has 25 heavy (non-hydrogen) atoms. The van der Waals surface area contributed by atoms with Crippen molar-refractivity contribution in [1.82, 2.24) is 24.9 Å². The van der Waals surface area contributed by atoms with E-state index in [-0.39, 0.29) is 24.3 Å². The molecule has 1 aromatic heterocycles. The predicted molar refractivity (Wildman–Crippen MR) is 91.0 cm³/mol. The van der Waals surface area contributed by atoms with Gasteiger partial charge in [-0.15, -0.1) is 0 Å². The summed E-state index contributed by atoms with van der Waals surface area (Å²) in [4.78, 5) is 42.0. The third-order valence-electron chi connectivity index (χ3n) is 5.06. The smallest absolute Gasteiger partial charge is 0.274 e. The fourth-order valence-corrected chi connectivity index (χ4v) is 3.66. The number of piperazine rings is 1. The van der Waals surface area contributed by atoms with E-state index in [0.29, 0.717) is 18.8 Å². The Morgan fingerprint density at radius 3 is 2.56 bits per heavy atom. The minimum absolute atomic E-state index is 0.149. The van der Waals surface area contributed by atoms with Crippen molar-refractivity contribution in [2.24, 2.45) is 0 Å². The van der Waals surface area contributed by atoms with Gasteiger partial charge in [-0.25, -0.2) is 0 Å². The lowest BCUT2D eigenvalue weighted by Gasteiger charge is -2.40. The standard InChI is InChI=1S/C17H25N5O3/c1-11(23)22-9-8-21(10-14(22)16(24)20(2)3)17(25)15-12-6-4-5-7-13(12)18-19-15/h14H,4-10H2,1-3H3,(H,18,19)/t14-/m0/s1. The van der Waals surface area contributed by atoms with Crippen molar-refractivity contribution in [1.29, 1.82) is 0 Å². The van der Waals surface area contributed by atoms with Crippen LogP contribution in [0.1, 0.15) is 41.5 Å². The van der Waals surface area contributed by atoms with E-state index in [0.717, 1.165) is 36.9 Å². The summed E-state index contributed by atoms with van der Waals surface area (Å²) in [6, 6.07) is -0.639. The summed E-state index contributed by atoms with van der Waals surface area (Å²) >= 11 is 0. The molecule has 1 atom stereocenters. The molecule has 1 aliphatic heterocycles. The van der Waals surface area contributed by atoms with Gasteiger partial charge < -0.3 is 14.7 Å². The summed E-state index contributed by atoms with van der Waals surface area (Å²) in [6.45, 7) is 2.43. The summed E-state index contributed by atoms with van der Waals surface area (Å²) in [5, 5.41) is 7.23. The van der Waals surface area contributed by atoms with Crippen LogP contribution in [0.25, 0.3) is 0 Å². The number of nitrogens with one attached hydrogen (secondary N) is 1. The van der Waals surface area contributed by atoms with Crippen LogP contribution >= 0.6 is 0 Å². The normalized spacial score (nSPS) is 20.2. The van der Waals surface area contributed by atoms with Crippen LogP contribution in [-0.2, 0) is 22.4 Å². The van der Waals surface area contributed by atoms with Gasteiger partial charge in [0.25, 0.3) is 5.91 Å². The summed E-state index contributed by atoms with van der Waals surface area (Å²) in [6.07, 6.45) is 3.96. The maximum absolute atomic E-state index is 13.0. The molecule has 136 valence electrons. The number of hydrogen-bond donors (Lipinski definition) is 1. The Kier molecular flexibility index (Phi) is 4.78. The van der Waals surface area contributed by atoms with Crippen LogP contribution in [0.4, 0.5) is 0 Å². The maximum Gasteiger partial charge on any atom is 0.274 e. The molecule has 1 fully saturated rings. The first kappa shape index (κ1) is 17.4. The molecule has 0 radical (unpaired) electrons. The van der Waals surface area contributed by atoms with Crippen LogP contribution in [0, 0.1) is 0 Å². The van der Waals surface area contributed by atoms with Crippen molar-refractivity contribution >= 4 is 17.7 Å². The Bertz CT molecular complexity index is 696. The van der Waals surface area contributed by atoms with E-state index in [4.69, 9.17) is 0 Å². The monoisotopic (exact) mass is 347 g/mol. The summed E-state index contributed by atoms with van der Waals surface area (Å²) in [7, 11) is 3.32. The molecule has 0 spiro atoms. The molecule has 0 saturated carbocycles. The van der Waals surface area contributed by atoms with Crippen LogP contribution in [0.15, 0.2) is 0 Å². The second-order valence-corrected chi connectivity index (χ2v) is 6.95. The Morgan fingerprint density at radius 2 is 1.88 bits per heavy atom. The van der Waals surface area contributed by atoms with Gasteiger partial charge >= 0.3 is 0 Å². The highest BCUT2D eigenvalue weighted by Gasteiger charge is 2.37.